The van der Waals surface area contributed by atoms with Crippen LogP contribution < -0.4 is 4.72 Å². The van der Waals surface area contributed by atoms with Crippen molar-refractivity contribution >= 4 is 16.0 Å². The van der Waals surface area contributed by atoms with Gasteiger partial charge in [-0.15, -0.1) is 0 Å². The van der Waals surface area contributed by atoms with Crippen molar-refractivity contribution in [2.24, 2.45) is 5.92 Å². The molecule has 0 aromatic rings. The second kappa shape index (κ2) is 6.16. The van der Waals surface area contributed by atoms with Crippen LogP contribution in [0.3, 0.4) is 0 Å². The summed E-state index contributed by atoms with van der Waals surface area (Å²) in [5, 5.41) is 0. The van der Waals surface area contributed by atoms with Gasteiger partial charge in [0.1, 0.15) is 0 Å². The first-order valence-electron chi connectivity index (χ1n) is 7.02. The Labute approximate surface area is 121 Å². The third kappa shape index (κ3) is 3.75. The van der Waals surface area contributed by atoms with Gasteiger partial charge in [-0.25, -0.2) is 13.2 Å². The molecular formula is C14H25NO4S. The van der Waals surface area contributed by atoms with E-state index >= 15 is 0 Å². The van der Waals surface area contributed by atoms with E-state index in [0.29, 0.717) is 17.7 Å². The summed E-state index contributed by atoms with van der Waals surface area (Å²) in [5.74, 6) is -0.397. The average molecular weight is 303 g/mol. The highest BCUT2D eigenvalue weighted by atomic mass is 32.2. The van der Waals surface area contributed by atoms with Gasteiger partial charge in [-0.2, -0.15) is 0 Å². The summed E-state index contributed by atoms with van der Waals surface area (Å²) in [4.78, 5) is 12.0. The minimum absolute atomic E-state index is 0.0141. The van der Waals surface area contributed by atoms with Crippen LogP contribution in [0.5, 0.6) is 0 Å². The summed E-state index contributed by atoms with van der Waals surface area (Å²) >= 11 is 0. The SMILES string of the molecule is CCOC(=O)C1=C(NS(=O)(=O)C(C)(C)C)C(C)CCC1. The van der Waals surface area contributed by atoms with Crippen LogP contribution in [0.15, 0.2) is 11.3 Å². The molecule has 6 heteroatoms. The van der Waals surface area contributed by atoms with E-state index in [1.807, 2.05) is 6.92 Å². The Kier molecular flexibility index (Phi) is 5.24. The van der Waals surface area contributed by atoms with Crippen LogP contribution in [0.1, 0.15) is 53.9 Å². The molecule has 0 amide bonds. The molecule has 0 aliphatic heterocycles. The number of ether oxygens (including phenoxy) is 1. The molecule has 116 valence electrons. The molecule has 1 unspecified atom stereocenters. The maximum absolute atomic E-state index is 12.3. The van der Waals surface area contributed by atoms with Crippen LogP contribution in [-0.4, -0.2) is 25.7 Å². The number of hydrogen-bond acceptors (Lipinski definition) is 4. The zero-order valence-electron chi connectivity index (χ0n) is 12.9. The van der Waals surface area contributed by atoms with E-state index in [9.17, 15) is 13.2 Å². The Hall–Kier alpha value is -1.04. The molecule has 0 heterocycles. The second-order valence-corrected chi connectivity index (χ2v) is 8.56. The fourth-order valence-electron chi connectivity index (χ4n) is 2.05. The number of esters is 1. The molecule has 1 aliphatic carbocycles. The molecule has 1 aliphatic rings. The Balaban J connectivity index is 3.16. The van der Waals surface area contributed by atoms with E-state index < -0.39 is 20.7 Å². The van der Waals surface area contributed by atoms with Crippen molar-refractivity contribution in [1.29, 1.82) is 0 Å². The third-order valence-corrected chi connectivity index (χ3v) is 5.56. The van der Waals surface area contributed by atoms with Gasteiger partial charge in [0.05, 0.1) is 16.9 Å². The molecule has 0 spiro atoms. The highest BCUT2D eigenvalue weighted by molar-refractivity contribution is 7.90. The van der Waals surface area contributed by atoms with E-state index in [1.54, 1.807) is 27.7 Å². The van der Waals surface area contributed by atoms with Gasteiger partial charge < -0.3 is 4.74 Å². The molecule has 1 N–H and O–H groups in total. The van der Waals surface area contributed by atoms with Gasteiger partial charge in [-0.1, -0.05) is 6.92 Å². The highest BCUT2D eigenvalue weighted by Crippen LogP contribution is 2.30. The third-order valence-electron chi connectivity index (χ3n) is 3.45. The number of carbonyl (C=O) groups excluding carboxylic acids is 1. The number of rotatable bonds is 4. The predicted molar refractivity (Wildman–Crippen MR) is 78.5 cm³/mol. The van der Waals surface area contributed by atoms with Crippen molar-refractivity contribution in [1.82, 2.24) is 4.72 Å². The van der Waals surface area contributed by atoms with Gasteiger partial charge in [-0.3, -0.25) is 4.72 Å². The number of allylic oxidation sites excluding steroid dienone is 1. The lowest BCUT2D eigenvalue weighted by molar-refractivity contribution is -0.138. The molecule has 0 fully saturated rings. The topological polar surface area (TPSA) is 72.5 Å². The van der Waals surface area contributed by atoms with E-state index in [4.69, 9.17) is 4.74 Å². The molecule has 0 radical (unpaired) electrons. The fraction of sp³-hybridized carbons (Fsp3) is 0.786. The first kappa shape index (κ1) is 17.0. The van der Waals surface area contributed by atoms with Crippen molar-refractivity contribution in [2.45, 2.75) is 58.6 Å². The molecule has 5 nitrogen and oxygen atoms in total. The van der Waals surface area contributed by atoms with Crippen LogP contribution in [0, 0.1) is 5.92 Å². The van der Waals surface area contributed by atoms with Crippen LogP contribution in [-0.2, 0) is 19.6 Å². The Morgan fingerprint density at radius 1 is 1.40 bits per heavy atom. The fourth-order valence-corrected chi connectivity index (χ4v) is 2.97. The summed E-state index contributed by atoms with van der Waals surface area (Å²) in [6.45, 7) is 8.85. The van der Waals surface area contributed by atoms with Gasteiger partial charge in [0, 0.05) is 5.70 Å². The number of nitrogens with one attached hydrogen (secondary N) is 1. The summed E-state index contributed by atoms with van der Waals surface area (Å²) in [7, 11) is -3.53. The van der Waals surface area contributed by atoms with Gasteiger partial charge in [0.2, 0.25) is 10.0 Å². The van der Waals surface area contributed by atoms with Crippen molar-refractivity contribution in [3.05, 3.63) is 11.3 Å². The van der Waals surface area contributed by atoms with Gasteiger partial charge in [0.15, 0.2) is 0 Å². The molecule has 0 saturated heterocycles. The lowest BCUT2D eigenvalue weighted by Gasteiger charge is -2.29. The Morgan fingerprint density at radius 2 is 2.00 bits per heavy atom. The summed E-state index contributed by atoms with van der Waals surface area (Å²) in [6, 6.07) is 0. The van der Waals surface area contributed by atoms with E-state index in [-0.39, 0.29) is 12.5 Å². The predicted octanol–water partition coefficient (Wildman–Crippen LogP) is 2.34. The maximum atomic E-state index is 12.3. The number of sulfonamides is 1. The minimum Gasteiger partial charge on any atom is -0.463 e. The maximum Gasteiger partial charge on any atom is 0.335 e. The van der Waals surface area contributed by atoms with E-state index in [2.05, 4.69) is 4.72 Å². The van der Waals surface area contributed by atoms with Gasteiger partial charge in [-0.05, 0) is 52.9 Å². The zero-order chi connectivity index (χ0) is 15.6. The normalized spacial score (nSPS) is 20.8. The number of hydrogen-bond donors (Lipinski definition) is 1. The quantitative estimate of drug-likeness (QED) is 0.809. The highest BCUT2D eigenvalue weighted by Gasteiger charge is 2.34. The van der Waals surface area contributed by atoms with Crippen molar-refractivity contribution in [2.75, 3.05) is 6.61 Å². The van der Waals surface area contributed by atoms with E-state index in [1.165, 1.54) is 0 Å². The lowest BCUT2D eigenvalue weighted by atomic mass is 9.88. The summed E-state index contributed by atoms with van der Waals surface area (Å²) in [5.41, 5.74) is 0.975. The zero-order valence-corrected chi connectivity index (χ0v) is 13.8. The minimum atomic E-state index is -3.53. The Bertz CT molecular complexity index is 500. The largest absolute Gasteiger partial charge is 0.463 e. The molecule has 0 aromatic heterocycles. The van der Waals surface area contributed by atoms with Crippen LogP contribution in [0.4, 0.5) is 0 Å². The monoisotopic (exact) mass is 303 g/mol. The van der Waals surface area contributed by atoms with Crippen LogP contribution in [0.25, 0.3) is 0 Å². The molecule has 0 aromatic carbocycles. The summed E-state index contributed by atoms with van der Waals surface area (Å²) in [6.07, 6.45) is 2.30. The van der Waals surface area contributed by atoms with Crippen molar-refractivity contribution in [3.63, 3.8) is 0 Å². The van der Waals surface area contributed by atoms with Crippen LogP contribution >= 0.6 is 0 Å². The van der Waals surface area contributed by atoms with E-state index in [0.717, 1.165) is 12.8 Å². The lowest BCUT2D eigenvalue weighted by Crippen LogP contribution is -2.41. The smallest absolute Gasteiger partial charge is 0.335 e. The standard InChI is InChI=1S/C14H25NO4S/c1-6-19-13(16)11-9-7-8-10(2)12(11)15-20(17,18)14(3,4)5/h10,15H,6-9H2,1-5H3. The first-order chi connectivity index (χ1) is 9.10. The van der Waals surface area contributed by atoms with Crippen LogP contribution in [0.2, 0.25) is 0 Å². The van der Waals surface area contributed by atoms with Gasteiger partial charge >= 0.3 is 5.97 Å². The Morgan fingerprint density at radius 3 is 2.50 bits per heavy atom. The second-order valence-electron chi connectivity index (χ2n) is 6.12. The van der Waals surface area contributed by atoms with Crippen molar-refractivity contribution < 1.29 is 17.9 Å². The first-order valence-corrected chi connectivity index (χ1v) is 8.51. The van der Waals surface area contributed by atoms with Crippen molar-refractivity contribution in [3.8, 4) is 0 Å². The molecule has 0 bridgehead atoms. The summed E-state index contributed by atoms with van der Waals surface area (Å²) < 4.78 is 31.3. The molecule has 0 saturated carbocycles. The van der Waals surface area contributed by atoms with Gasteiger partial charge in [0.25, 0.3) is 0 Å². The molecular weight excluding hydrogens is 278 g/mol. The molecule has 1 rings (SSSR count). The average Bonchev–Trinajstić information content (AvgIpc) is 2.30. The molecule has 1 atom stereocenters. The number of carbonyl (C=O) groups is 1. The molecule has 20 heavy (non-hydrogen) atoms.